The van der Waals surface area contributed by atoms with Crippen molar-refractivity contribution in [2.75, 3.05) is 6.61 Å². The molecule has 0 bridgehead atoms. The second-order valence-electron chi connectivity index (χ2n) is 6.22. The highest BCUT2D eigenvalue weighted by atomic mass is 32.2. The highest BCUT2D eigenvalue weighted by Gasteiger charge is 1.97. The lowest BCUT2D eigenvalue weighted by molar-refractivity contribution is 0.142. The van der Waals surface area contributed by atoms with Crippen LogP contribution in [0.15, 0.2) is 93.9 Å². The molecule has 26 heavy (non-hydrogen) atoms. The Hall–Kier alpha value is -2.19. The summed E-state index contributed by atoms with van der Waals surface area (Å²) in [5.41, 5.74) is 6.67. The zero-order chi connectivity index (χ0) is 18.6. The molecule has 0 fully saturated rings. The van der Waals surface area contributed by atoms with E-state index in [4.69, 9.17) is 4.74 Å². The normalized spacial score (nSPS) is 12.3. The minimum atomic E-state index is -1.13. The van der Waals surface area contributed by atoms with Crippen LogP contribution in [0.5, 0.6) is 0 Å². The van der Waals surface area contributed by atoms with Gasteiger partial charge in [-0.2, -0.15) is 0 Å². The minimum Gasteiger partial charge on any atom is -0.372 e. The van der Waals surface area contributed by atoms with Crippen LogP contribution >= 0.6 is 0 Å². The summed E-state index contributed by atoms with van der Waals surface area (Å²) in [5.74, 6) is 0. The smallest absolute Gasteiger partial charge is 0.0854 e. The van der Waals surface area contributed by atoms with Gasteiger partial charge < -0.3 is 4.74 Å². The van der Waals surface area contributed by atoms with Gasteiger partial charge in [0.05, 0.1) is 24.0 Å². The van der Waals surface area contributed by atoms with Crippen molar-refractivity contribution in [3.8, 4) is 0 Å². The number of hydrogen-bond acceptors (Lipinski definition) is 2. The third-order valence-electron chi connectivity index (χ3n) is 3.84. The average Bonchev–Trinajstić information content (AvgIpc) is 2.67. The Balaban J connectivity index is 1.73. The molecule has 0 N–H and O–H groups in total. The minimum absolute atomic E-state index is 0.638. The first-order valence-corrected chi connectivity index (χ1v) is 10.0. The molecule has 0 saturated carbocycles. The molecule has 1 unspecified atom stereocenters. The molecule has 0 saturated heterocycles. The lowest BCUT2D eigenvalue weighted by Crippen LogP contribution is -1.96. The molecule has 0 aliphatic carbocycles. The van der Waals surface area contributed by atoms with Gasteiger partial charge in [-0.05, 0) is 50.0 Å². The Kier molecular flexibility index (Phi) is 8.85. The van der Waals surface area contributed by atoms with Crippen molar-refractivity contribution in [1.29, 1.82) is 0 Å². The lowest BCUT2D eigenvalue weighted by Gasteiger charge is -2.05. The lowest BCUT2D eigenvalue weighted by atomic mass is 10.1. The van der Waals surface area contributed by atoms with Crippen molar-refractivity contribution < 1.29 is 8.95 Å². The molecule has 0 amide bonds. The predicted octanol–water partition coefficient (Wildman–Crippen LogP) is 5.80. The molecule has 2 aromatic carbocycles. The van der Waals surface area contributed by atoms with Crippen LogP contribution in [0.25, 0.3) is 0 Å². The van der Waals surface area contributed by atoms with Crippen LogP contribution in [0.1, 0.15) is 32.3 Å². The number of rotatable bonds is 9. The van der Waals surface area contributed by atoms with E-state index < -0.39 is 10.8 Å². The van der Waals surface area contributed by atoms with Crippen molar-refractivity contribution >= 4 is 10.8 Å². The van der Waals surface area contributed by atoms with E-state index in [0.717, 1.165) is 23.3 Å². The molecular formula is C23H26O2S. The molecule has 136 valence electrons. The molecule has 0 aliphatic rings. The molecule has 2 aromatic rings. The zero-order valence-electron chi connectivity index (χ0n) is 15.5. The Morgan fingerprint density at radius 1 is 1.04 bits per heavy atom. The maximum absolute atomic E-state index is 12.1. The van der Waals surface area contributed by atoms with Crippen LogP contribution < -0.4 is 0 Å². The standard InChI is InChI=1S/C23H26O2S/c1-20(16-17-26(24)23-14-7-4-8-15-23)10-9-11-21(2)18-25-19-22-12-5-3-6-13-22/h3-8,11-15,17H,9-10,18-19H2,1-2H3/b21-11+. The van der Waals surface area contributed by atoms with Crippen LogP contribution in [0.2, 0.25) is 0 Å². The van der Waals surface area contributed by atoms with Crippen molar-refractivity contribution in [3.05, 3.63) is 94.6 Å². The fourth-order valence-corrected chi connectivity index (χ4v) is 3.22. The quantitative estimate of drug-likeness (QED) is 0.414. The summed E-state index contributed by atoms with van der Waals surface area (Å²) in [6, 6.07) is 19.6. The number of hydrogen-bond donors (Lipinski definition) is 0. The van der Waals surface area contributed by atoms with E-state index in [1.54, 1.807) is 5.41 Å². The highest BCUT2D eigenvalue weighted by Crippen LogP contribution is 2.09. The van der Waals surface area contributed by atoms with Gasteiger partial charge in [0, 0.05) is 10.3 Å². The predicted molar refractivity (Wildman–Crippen MR) is 109 cm³/mol. The van der Waals surface area contributed by atoms with Gasteiger partial charge in [-0.15, -0.1) is 5.73 Å². The summed E-state index contributed by atoms with van der Waals surface area (Å²) in [5, 5.41) is 1.64. The van der Waals surface area contributed by atoms with Crippen molar-refractivity contribution in [1.82, 2.24) is 0 Å². The van der Waals surface area contributed by atoms with Crippen LogP contribution in [-0.2, 0) is 22.1 Å². The molecule has 3 heteroatoms. The molecule has 2 rings (SSSR count). The third-order valence-corrected chi connectivity index (χ3v) is 4.91. The average molecular weight is 367 g/mol. The number of allylic oxidation sites excluding steroid dienone is 2. The molecule has 0 aromatic heterocycles. The first kappa shape index (κ1) is 20.1. The summed E-state index contributed by atoms with van der Waals surface area (Å²) >= 11 is 0. The van der Waals surface area contributed by atoms with E-state index in [9.17, 15) is 4.21 Å². The first-order chi connectivity index (χ1) is 12.6. The fourth-order valence-electron chi connectivity index (χ4n) is 2.35. The van der Waals surface area contributed by atoms with Crippen molar-refractivity contribution in [3.63, 3.8) is 0 Å². The van der Waals surface area contributed by atoms with Crippen molar-refractivity contribution in [2.24, 2.45) is 0 Å². The van der Waals surface area contributed by atoms with E-state index in [2.05, 4.69) is 30.9 Å². The largest absolute Gasteiger partial charge is 0.372 e. The van der Waals surface area contributed by atoms with Crippen molar-refractivity contribution in [2.45, 2.75) is 38.2 Å². The maximum atomic E-state index is 12.1. The Morgan fingerprint density at radius 3 is 2.38 bits per heavy atom. The maximum Gasteiger partial charge on any atom is 0.0854 e. The van der Waals surface area contributed by atoms with Gasteiger partial charge in [-0.1, -0.05) is 60.2 Å². The molecule has 1 atom stereocenters. The van der Waals surface area contributed by atoms with E-state index in [1.807, 2.05) is 55.5 Å². The van der Waals surface area contributed by atoms with Gasteiger partial charge in [0.15, 0.2) is 0 Å². The van der Waals surface area contributed by atoms with E-state index in [1.165, 1.54) is 11.1 Å². The van der Waals surface area contributed by atoms with E-state index in [-0.39, 0.29) is 0 Å². The zero-order valence-corrected chi connectivity index (χ0v) is 16.3. The third kappa shape index (κ3) is 7.79. The van der Waals surface area contributed by atoms with Gasteiger partial charge in [0.25, 0.3) is 0 Å². The van der Waals surface area contributed by atoms with Crippen LogP contribution in [0.4, 0.5) is 0 Å². The second kappa shape index (κ2) is 11.4. The fraction of sp³-hybridized carbons (Fsp3) is 0.261. The summed E-state index contributed by atoms with van der Waals surface area (Å²) < 4.78 is 17.8. The van der Waals surface area contributed by atoms with Gasteiger partial charge in [-0.3, -0.25) is 0 Å². The monoisotopic (exact) mass is 366 g/mol. The Labute approximate surface area is 159 Å². The van der Waals surface area contributed by atoms with Crippen LogP contribution in [-0.4, -0.2) is 10.8 Å². The molecule has 2 nitrogen and oxygen atoms in total. The van der Waals surface area contributed by atoms with Gasteiger partial charge in [-0.25, -0.2) is 4.21 Å². The van der Waals surface area contributed by atoms with Gasteiger partial charge >= 0.3 is 0 Å². The van der Waals surface area contributed by atoms with Crippen LogP contribution in [0, 0.1) is 0 Å². The summed E-state index contributed by atoms with van der Waals surface area (Å²) in [7, 11) is -1.13. The molecule has 0 radical (unpaired) electrons. The number of benzene rings is 2. The number of ether oxygens (including phenoxy) is 1. The van der Waals surface area contributed by atoms with E-state index in [0.29, 0.717) is 13.2 Å². The van der Waals surface area contributed by atoms with Gasteiger partial charge in [0.1, 0.15) is 0 Å². The first-order valence-electron chi connectivity index (χ1n) is 8.80. The molecular weight excluding hydrogens is 340 g/mol. The summed E-state index contributed by atoms with van der Waals surface area (Å²) in [4.78, 5) is 0.805. The highest BCUT2D eigenvalue weighted by molar-refractivity contribution is 7.88. The van der Waals surface area contributed by atoms with E-state index >= 15 is 0 Å². The van der Waals surface area contributed by atoms with Crippen LogP contribution in [0.3, 0.4) is 0 Å². The Bertz CT molecular complexity index is 785. The van der Waals surface area contributed by atoms with Gasteiger partial charge in [0.2, 0.25) is 0 Å². The molecule has 0 spiro atoms. The Morgan fingerprint density at radius 2 is 1.69 bits per heavy atom. The molecule has 0 heterocycles. The molecule has 0 aliphatic heterocycles. The summed E-state index contributed by atoms with van der Waals surface area (Å²) in [6.45, 7) is 5.39. The topological polar surface area (TPSA) is 26.3 Å². The summed E-state index contributed by atoms with van der Waals surface area (Å²) in [6.07, 6.45) is 4.04. The SMILES string of the molecule is CC(=C=CS(=O)c1ccccc1)CC/C=C(\C)COCc1ccccc1. The second-order valence-corrected chi connectivity index (χ2v) is 7.52.